The second-order valence-electron chi connectivity index (χ2n) is 4.12. The van der Waals surface area contributed by atoms with Gasteiger partial charge in [-0.2, -0.15) is 0 Å². The average molecular weight is 248 g/mol. The molecule has 2 aromatic rings. The van der Waals surface area contributed by atoms with Crippen LogP contribution in [0.1, 0.15) is 24.1 Å². The number of hydrogen-bond acceptors (Lipinski definition) is 2. The van der Waals surface area contributed by atoms with Crippen LogP contribution >= 0.6 is 0 Å². The number of aromatic nitrogens is 1. The number of benzene rings is 1. The molecule has 0 radical (unpaired) electrons. The summed E-state index contributed by atoms with van der Waals surface area (Å²) >= 11 is 0. The maximum Gasteiger partial charge on any atom is 0.130 e. The SMILES string of the molecule is CC(NCc1ccc(F)cc1F)c1cccnc1. The molecule has 1 N–H and O–H groups in total. The van der Waals surface area contributed by atoms with Crippen LogP contribution in [0.2, 0.25) is 0 Å². The van der Waals surface area contributed by atoms with Crippen molar-refractivity contribution >= 4 is 0 Å². The summed E-state index contributed by atoms with van der Waals surface area (Å²) in [6.07, 6.45) is 3.47. The molecule has 0 spiro atoms. The molecule has 2 rings (SSSR count). The van der Waals surface area contributed by atoms with Crippen molar-refractivity contribution in [3.63, 3.8) is 0 Å². The molecule has 0 saturated heterocycles. The minimum atomic E-state index is -0.559. The summed E-state index contributed by atoms with van der Waals surface area (Å²) in [6.45, 7) is 2.32. The number of halogens is 2. The predicted octanol–water partition coefficient (Wildman–Crippen LogP) is 3.21. The lowest BCUT2D eigenvalue weighted by Crippen LogP contribution is -2.18. The third-order valence-corrected chi connectivity index (χ3v) is 2.80. The molecule has 1 atom stereocenters. The van der Waals surface area contributed by atoms with Crippen molar-refractivity contribution in [1.29, 1.82) is 0 Å². The minimum absolute atomic E-state index is 0.0585. The van der Waals surface area contributed by atoms with Gasteiger partial charge in [-0.25, -0.2) is 8.78 Å². The van der Waals surface area contributed by atoms with Crippen LogP contribution in [-0.4, -0.2) is 4.98 Å². The van der Waals surface area contributed by atoms with Gasteiger partial charge < -0.3 is 5.32 Å². The van der Waals surface area contributed by atoms with Gasteiger partial charge in [-0.3, -0.25) is 4.98 Å². The smallest absolute Gasteiger partial charge is 0.130 e. The number of nitrogens with zero attached hydrogens (tertiary/aromatic N) is 1. The molecule has 0 aliphatic rings. The monoisotopic (exact) mass is 248 g/mol. The lowest BCUT2D eigenvalue weighted by Gasteiger charge is -2.14. The summed E-state index contributed by atoms with van der Waals surface area (Å²) in [5.74, 6) is -1.09. The van der Waals surface area contributed by atoms with Gasteiger partial charge in [0, 0.05) is 36.6 Å². The molecule has 94 valence electrons. The molecule has 2 nitrogen and oxygen atoms in total. The number of pyridine rings is 1. The fraction of sp³-hybridized carbons (Fsp3) is 0.214. The average Bonchev–Trinajstić information content (AvgIpc) is 2.38. The molecule has 0 aliphatic carbocycles. The Morgan fingerprint density at radius 3 is 2.78 bits per heavy atom. The zero-order chi connectivity index (χ0) is 13.0. The molecule has 0 fully saturated rings. The fourth-order valence-electron chi connectivity index (χ4n) is 1.68. The molecule has 0 saturated carbocycles. The minimum Gasteiger partial charge on any atom is -0.306 e. The third kappa shape index (κ3) is 3.11. The highest BCUT2D eigenvalue weighted by Gasteiger charge is 2.07. The first kappa shape index (κ1) is 12.6. The summed E-state index contributed by atoms with van der Waals surface area (Å²) in [6, 6.07) is 7.47. The Bertz CT molecular complexity index is 514. The first-order valence-corrected chi connectivity index (χ1v) is 5.74. The fourth-order valence-corrected chi connectivity index (χ4v) is 1.68. The van der Waals surface area contributed by atoms with E-state index >= 15 is 0 Å². The standard InChI is InChI=1S/C14H14F2N2/c1-10(11-3-2-6-17-8-11)18-9-12-4-5-13(15)7-14(12)16/h2-8,10,18H,9H2,1H3. The highest BCUT2D eigenvalue weighted by molar-refractivity contribution is 5.19. The van der Waals surface area contributed by atoms with Crippen molar-refractivity contribution in [3.05, 3.63) is 65.5 Å². The molecule has 0 amide bonds. The quantitative estimate of drug-likeness (QED) is 0.898. The molecular formula is C14H14F2N2. The molecule has 0 bridgehead atoms. The van der Waals surface area contributed by atoms with E-state index in [9.17, 15) is 8.78 Å². The highest BCUT2D eigenvalue weighted by Crippen LogP contribution is 2.13. The van der Waals surface area contributed by atoms with E-state index in [1.54, 1.807) is 12.4 Å². The van der Waals surface area contributed by atoms with Gasteiger partial charge in [-0.1, -0.05) is 12.1 Å². The van der Waals surface area contributed by atoms with Crippen LogP contribution in [0.15, 0.2) is 42.7 Å². The molecule has 0 aliphatic heterocycles. The Balaban J connectivity index is 1.99. The lowest BCUT2D eigenvalue weighted by molar-refractivity contribution is 0.533. The van der Waals surface area contributed by atoms with Crippen LogP contribution in [0.25, 0.3) is 0 Å². The van der Waals surface area contributed by atoms with Gasteiger partial charge in [-0.05, 0) is 24.6 Å². The van der Waals surface area contributed by atoms with E-state index in [1.807, 2.05) is 19.1 Å². The van der Waals surface area contributed by atoms with E-state index in [-0.39, 0.29) is 6.04 Å². The van der Waals surface area contributed by atoms with Crippen LogP contribution in [0.4, 0.5) is 8.78 Å². The maximum atomic E-state index is 13.4. The van der Waals surface area contributed by atoms with Crippen LogP contribution in [0.5, 0.6) is 0 Å². The third-order valence-electron chi connectivity index (χ3n) is 2.80. The first-order chi connectivity index (χ1) is 8.66. The van der Waals surface area contributed by atoms with E-state index in [0.29, 0.717) is 12.1 Å². The van der Waals surface area contributed by atoms with Crippen LogP contribution in [0.3, 0.4) is 0 Å². The van der Waals surface area contributed by atoms with Gasteiger partial charge in [0.25, 0.3) is 0 Å². The van der Waals surface area contributed by atoms with Gasteiger partial charge in [0.1, 0.15) is 11.6 Å². The van der Waals surface area contributed by atoms with Gasteiger partial charge in [0.2, 0.25) is 0 Å². The van der Waals surface area contributed by atoms with Crippen molar-refractivity contribution in [2.24, 2.45) is 0 Å². The summed E-state index contributed by atoms with van der Waals surface area (Å²) in [5.41, 5.74) is 1.48. The highest BCUT2D eigenvalue weighted by atomic mass is 19.1. The molecule has 1 heterocycles. The van der Waals surface area contributed by atoms with E-state index < -0.39 is 11.6 Å². The first-order valence-electron chi connectivity index (χ1n) is 5.74. The Labute approximate surface area is 105 Å². The van der Waals surface area contributed by atoms with Gasteiger partial charge >= 0.3 is 0 Å². The Hall–Kier alpha value is -1.81. The van der Waals surface area contributed by atoms with E-state index in [0.717, 1.165) is 11.6 Å². The van der Waals surface area contributed by atoms with Crippen molar-refractivity contribution in [2.45, 2.75) is 19.5 Å². The number of rotatable bonds is 4. The Morgan fingerprint density at radius 2 is 2.11 bits per heavy atom. The second kappa shape index (κ2) is 5.69. The van der Waals surface area contributed by atoms with Crippen LogP contribution < -0.4 is 5.32 Å². The molecule has 1 unspecified atom stereocenters. The summed E-state index contributed by atoms with van der Waals surface area (Å²) in [5, 5.41) is 3.17. The molecule has 18 heavy (non-hydrogen) atoms. The van der Waals surface area contributed by atoms with Crippen molar-refractivity contribution in [3.8, 4) is 0 Å². The normalized spacial score (nSPS) is 12.4. The summed E-state index contributed by atoms with van der Waals surface area (Å²) in [7, 11) is 0. The Morgan fingerprint density at radius 1 is 1.28 bits per heavy atom. The zero-order valence-electron chi connectivity index (χ0n) is 10.0. The van der Waals surface area contributed by atoms with Gasteiger partial charge in [0.05, 0.1) is 0 Å². The van der Waals surface area contributed by atoms with Crippen molar-refractivity contribution in [1.82, 2.24) is 10.3 Å². The molecular weight excluding hydrogens is 234 g/mol. The van der Waals surface area contributed by atoms with E-state index in [1.165, 1.54) is 12.1 Å². The van der Waals surface area contributed by atoms with E-state index in [4.69, 9.17) is 0 Å². The largest absolute Gasteiger partial charge is 0.306 e. The second-order valence-corrected chi connectivity index (χ2v) is 4.12. The number of nitrogens with one attached hydrogen (secondary N) is 1. The van der Waals surface area contributed by atoms with E-state index in [2.05, 4.69) is 10.3 Å². The van der Waals surface area contributed by atoms with Crippen LogP contribution in [-0.2, 0) is 6.54 Å². The molecule has 4 heteroatoms. The number of hydrogen-bond donors (Lipinski definition) is 1. The van der Waals surface area contributed by atoms with Crippen molar-refractivity contribution in [2.75, 3.05) is 0 Å². The lowest BCUT2D eigenvalue weighted by atomic mass is 10.1. The zero-order valence-corrected chi connectivity index (χ0v) is 10.0. The summed E-state index contributed by atoms with van der Waals surface area (Å²) < 4.78 is 26.2. The molecule has 1 aromatic heterocycles. The van der Waals surface area contributed by atoms with Gasteiger partial charge in [-0.15, -0.1) is 0 Å². The topological polar surface area (TPSA) is 24.9 Å². The molecule has 1 aromatic carbocycles. The Kier molecular flexibility index (Phi) is 3.99. The van der Waals surface area contributed by atoms with Crippen LogP contribution in [0, 0.1) is 11.6 Å². The predicted molar refractivity (Wildman–Crippen MR) is 65.8 cm³/mol. The van der Waals surface area contributed by atoms with Crippen molar-refractivity contribution < 1.29 is 8.78 Å². The van der Waals surface area contributed by atoms with Gasteiger partial charge in [0.15, 0.2) is 0 Å². The summed E-state index contributed by atoms with van der Waals surface area (Å²) in [4.78, 5) is 4.03. The maximum absolute atomic E-state index is 13.4.